The summed E-state index contributed by atoms with van der Waals surface area (Å²) in [5.74, 6) is 0.400. The number of rotatable bonds is 4. The van der Waals surface area contributed by atoms with Gasteiger partial charge in [0.2, 0.25) is 0 Å². The Kier molecular flexibility index (Phi) is 4.40. The number of allylic oxidation sites excluding steroid dienone is 1. The lowest BCUT2D eigenvalue weighted by atomic mass is 10.1. The van der Waals surface area contributed by atoms with Crippen molar-refractivity contribution in [1.29, 1.82) is 0 Å². The molecule has 0 saturated heterocycles. The number of fused-ring (bicyclic) bond motifs is 1. The van der Waals surface area contributed by atoms with Crippen LogP contribution in [0, 0.1) is 0 Å². The van der Waals surface area contributed by atoms with Crippen molar-refractivity contribution >= 4 is 34.4 Å². The van der Waals surface area contributed by atoms with Gasteiger partial charge in [-0.05, 0) is 36.4 Å². The minimum absolute atomic E-state index is 0.147. The highest BCUT2D eigenvalue weighted by Crippen LogP contribution is 2.23. The summed E-state index contributed by atoms with van der Waals surface area (Å²) < 4.78 is 5.21. The van der Waals surface area contributed by atoms with E-state index in [2.05, 4.69) is 4.98 Å². The van der Waals surface area contributed by atoms with E-state index in [4.69, 9.17) is 16.3 Å². The van der Waals surface area contributed by atoms with Crippen LogP contribution < -0.4 is 4.74 Å². The lowest BCUT2D eigenvalue weighted by molar-refractivity contribution is 0.104. The van der Waals surface area contributed by atoms with Crippen LogP contribution in [0.15, 0.2) is 60.7 Å². The van der Waals surface area contributed by atoms with Crippen LogP contribution in [0.2, 0.25) is 5.15 Å². The van der Waals surface area contributed by atoms with Crippen LogP contribution in [0.1, 0.15) is 15.9 Å². The van der Waals surface area contributed by atoms with E-state index in [9.17, 15) is 4.79 Å². The first-order chi connectivity index (χ1) is 11.2. The van der Waals surface area contributed by atoms with E-state index >= 15 is 0 Å². The lowest BCUT2D eigenvalue weighted by Crippen LogP contribution is -1.98. The van der Waals surface area contributed by atoms with Crippen molar-refractivity contribution in [2.24, 2.45) is 0 Å². The van der Waals surface area contributed by atoms with Crippen LogP contribution in [0.4, 0.5) is 0 Å². The van der Waals surface area contributed by atoms with Gasteiger partial charge in [0.25, 0.3) is 0 Å². The summed E-state index contributed by atoms with van der Waals surface area (Å²) in [6, 6.07) is 16.7. The summed E-state index contributed by atoms with van der Waals surface area (Å²) in [5, 5.41) is 1.34. The van der Waals surface area contributed by atoms with E-state index in [0.29, 0.717) is 22.0 Å². The second-order valence-electron chi connectivity index (χ2n) is 4.96. The SMILES string of the molecule is COc1ccccc1C(=O)/C=C/c1cc2ccccc2nc1Cl. The van der Waals surface area contributed by atoms with Gasteiger partial charge in [-0.3, -0.25) is 4.79 Å². The van der Waals surface area contributed by atoms with Gasteiger partial charge >= 0.3 is 0 Å². The summed E-state index contributed by atoms with van der Waals surface area (Å²) in [6.45, 7) is 0. The average molecular weight is 324 g/mol. The van der Waals surface area contributed by atoms with Crippen molar-refractivity contribution in [1.82, 2.24) is 4.98 Å². The van der Waals surface area contributed by atoms with Crippen LogP contribution in [0.25, 0.3) is 17.0 Å². The topological polar surface area (TPSA) is 39.2 Å². The highest BCUT2D eigenvalue weighted by molar-refractivity contribution is 6.31. The molecule has 0 bridgehead atoms. The maximum Gasteiger partial charge on any atom is 0.189 e. The fraction of sp³-hybridized carbons (Fsp3) is 0.0526. The lowest BCUT2D eigenvalue weighted by Gasteiger charge is -2.05. The largest absolute Gasteiger partial charge is 0.496 e. The maximum atomic E-state index is 12.3. The van der Waals surface area contributed by atoms with Gasteiger partial charge in [0.05, 0.1) is 18.2 Å². The normalized spacial score (nSPS) is 11.0. The number of ether oxygens (including phenoxy) is 1. The van der Waals surface area contributed by atoms with Crippen molar-refractivity contribution in [3.63, 3.8) is 0 Å². The number of ketones is 1. The molecule has 0 radical (unpaired) electrons. The fourth-order valence-corrected chi connectivity index (χ4v) is 2.54. The minimum Gasteiger partial charge on any atom is -0.496 e. The second-order valence-corrected chi connectivity index (χ2v) is 5.32. The zero-order valence-corrected chi connectivity index (χ0v) is 13.2. The molecule has 0 amide bonds. The Morgan fingerprint density at radius 1 is 1.13 bits per heavy atom. The van der Waals surface area contributed by atoms with Gasteiger partial charge in [0.15, 0.2) is 5.78 Å². The van der Waals surface area contributed by atoms with E-state index in [0.717, 1.165) is 10.9 Å². The highest BCUT2D eigenvalue weighted by atomic mass is 35.5. The maximum absolute atomic E-state index is 12.3. The molecule has 3 aromatic rings. The first-order valence-electron chi connectivity index (χ1n) is 7.10. The average Bonchev–Trinajstić information content (AvgIpc) is 2.59. The molecule has 0 fully saturated rings. The Morgan fingerprint density at radius 3 is 2.70 bits per heavy atom. The number of methoxy groups -OCH3 is 1. The molecule has 3 nitrogen and oxygen atoms in total. The number of halogens is 1. The molecule has 0 aliphatic carbocycles. The zero-order valence-electron chi connectivity index (χ0n) is 12.5. The summed E-state index contributed by atoms with van der Waals surface area (Å²) in [7, 11) is 1.54. The molecule has 0 unspecified atom stereocenters. The number of nitrogens with zero attached hydrogens (tertiary/aromatic N) is 1. The molecule has 0 atom stereocenters. The molecule has 4 heteroatoms. The van der Waals surface area contributed by atoms with Crippen molar-refractivity contribution in [2.75, 3.05) is 7.11 Å². The van der Waals surface area contributed by atoms with E-state index in [1.54, 1.807) is 31.4 Å². The Balaban J connectivity index is 1.93. The van der Waals surface area contributed by atoms with Gasteiger partial charge in [0.1, 0.15) is 10.9 Å². The Hall–Kier alpha value is -2.65. The standard InChI is InChI=1S/C19H14ClNO2/c1-23-18-9-5-3-7-15(18)17(22)11-10-14-12-13-6-2-4-8-16(13)21-19(14)20/h2-12H,1H3/b11-10+. The summed E-state index contributed by atoms with van der Waals surface area (Å²) in [5.41, 5.74) is 2.04. The van der Waals surface area contributed by atoms with E-state index in [-0.39, 0.29) is 5.78 Å². The number of hydrogen-bond acceptors (Lipinski definition) is 3. The van der Waals surface area contributed by atoms with Crippen LogP contribution in [-0.4, -0.2) is 17.9 Å². The number of pyridine rings is 1. The number of para-hydroxylation sites is 2. The van der Waals surface area contributed by atoms with E-state index in [1.807, 2.05) is 36.4 Å². The molecule has 0 aliphatic heterocycles. The molecular formula is C19H14ClNO2. The molecule has 1 heterocycles. The van der Waals surface area contributed by atoms with Crippen molar-refractivity contribution < 1.29 is 9.53 Å². The quantitative estimate of drug-likeness (QED) is 0.393. The summed E-state index contributed by atoms with van der Waals surface area (Å²) in [6.07, 6.45) is 3.16. The number of aromatic nitrogens is 1. The minimum atomic E-state index is -0.147. The summed E-state index contributed by atoms with van der Waals surface area (Å²) >= 11 is 6.19. The van der Waals surface area contributed by atoms with Gasteiger partial charge in [-0.2, -0.15) is 0 Å². The number of hydrogen-bond donors (Lipinski definition) is 0. The Bertz CT molecular complexity index is 903. The van der Waals surface area contributed by atoms with Gasteiger partial charge in [-0.15, -0.1) is 0 Å². The Labute approximate surface area is 139 Å². The third-order valence-corrected chi connectivity index (χ3v) is 3.79. The van der Waals surface area contributed by atoms with Gasteiger partial charge in [-0.1, -0.05) is 41.9 Å². The molecule has 3 rings (SSSR count). The molecule has 0 spiro atoms. The molecule has 2 aromatic carbocycles. The van der Waals surface area contributed by atoms with Gasteiger partial charge in [-0.25, -0.2) is 4.98 Å². The molecular weight excluding hydrogens is 310 g/mol. The third-order valence-electron chi connectivity index (χ3n) is 3.49. The van der Waals surface area contributed by atoms with Crippen molar-refractivity contribution in [2.45, 2.75) is 0 Å². The number of benzene rings is 2. The zero-order chi connectivity index (χ0) is 16.2. The first-order valence-corrected chi connectivity index (χ1v) is 7.47. The van der Waals surface area contributed by atoms with E-state index in [1.165, 1.54) is 6.08 Å². The van der Waals surface area contributed by atoms with Crippen LogP contribution >= 0.6 is 11.6 Å². The second kappa shape index (κ2) is 6.63. The molecule has 114 valence electrons. The number of carbonyl (C=O) groups excluding carboxylic acids is 1. The monoisotopic (exact) mass is 323 g/mol. The van der Waals surface area contributed by atoms with Crippen LogP contribution in [0.3, 0.4) is 0 Å². The van der Waals surface area contributed by atoms with Crippen molar-refractivity contribution in [3.05, 3.63) is 77.0 Å². The van der Waals surface area contributed by atoms with Gasteiger partial charge in [0, 0.05) is 10.9 Å². The predicted octanol–water partition coefficient (Wildman–Crippen LogP) is 4.79. The molecule has 0 aliphatic rings. The van der Waals surface area contributed by atoms with Crippen LogP contribution in [0.5, 0.6) is 5.75 Å². The van der Waals surface area contributed by atoms with Gasteiger partial charge < -0.3 is 4.74 Å². The van der Waals surface area contributed by atoms with Crippen molar-refractivity contribution in [3.8, 4) is 5.75 Å². The third kappa shape index (κ3) is 3.25. The summed E-state index contributed by atoms with van der Waals surface area (Å²) in [4.78, 5) is 16.7. The smallest absolute Gasteiger partial charge is 0.189 e. The molecule has 1 aromatic heterocycles. The molecule has 0 N–H and O–H groups in total. The highest BCUT2D eigenvalue weighted by Gasteiger charge is 2.09. The number of carbonyl (C=O) groups is 1. The molecule has 23 heavy (non-hydrogen) atoms. The fourth-order valence-electron chi connectivity index (χ4n) is 2.33. The Morgan fingerprint density at radius 2 is 1.87 bits per heavy atom. The first kappa shape index (κ1) is 15.3. The van der Waals surface area contributed by atoms with Crippen LogP contribution in [-0.2, 0) is 0 Å². The molecule has 0 saturated carbocycles. The van der Waals surface area contributed by atoms with E-state index < -0.39 is 0 Å². The predicted molar refractivity (Wildman–Crippen MR) is 93.1 cm³/mol.